The number of carbonyl (C=O) groups excluding carboxylic acids is 3. The summed E-state index contributed by atoms with van der Waals surface area (Å²) in [5, 5.41) is 3.57. The highest BCUT2D eigenvalue weighted by atomic mass is 16.5. The van der Waals surface area contributed by atoms with Crippen LogP contribution in [-0.4, -0.2) is 77.2 Å². The Labute approximate surface area is 238 Å². The summed E-state index contributed by atoms with van der Waals surface area (Å²) in [6.45, 7) is 1.44. The molecule has 2 aromatic heterocycles. The summed E-state index contributed by atoms with van der Waals surface area (Å²) in [5.41, 5.74) is 3.96. The molecule has 1 aliphatic heterocycles. The largest absolute Gasteiger partial charge is 0.444 e. The van der Waals surface area contributed by atoms with E-state index in [9.17, 15) is 14.4 Å². The fraction of sp³-hybridized carbons (Fsp3) is 0.290. The molecular weight excluding hydrogens is 522 g/mol. The van der Waals surface area contributed by atoms with Gasteiger partial charge >= 0.3 is 6.09 Å². The number of rotatable bonds is 7. The normalized spacial score (nSPS) is 15.0. The minimum Gasteiger partial charge on any atom is -0.444 e. The molecule has 0 bridgehead atoms. The van der Waals surface area contributed by atoms with Gasteiger partial charge in [0.25, 0.3) is 11.8 Å². The summed E-state index contributed by atoms with van der Waals surface area (Å²) in [5.74, 6) is 0.0686. The number of morpholine rings is 1. The molecule has 0 aliphatic carbocycles. The van der Waals surface area contributed by atoms with Gasteiger partial charge in [0.1, 0.15) is 12.4 Å². The van der Waals surface area contributed by atoms with Crippen molar-refractivity contribution in [3.63, 3.8) is 0 Å². The number of pyridine rings is 1. The maximum atomic E-state index is 13.5. The van der Waals surface area contributed by atoms with Crippen LogP contribution in [0.4, 0.5) is 10.6 Å². The van der Waals surface area contributed by atoms with E-state index < -0.39 is 6.09 Å². The van der Waals surface area contributed by atoms with Crippen molar-refractivity contribution < 1.29 is 23.9 Å². The van der Waals surface area contributed by atoms with Crippen LogP contribution in [0, 0.1) is 0 Å². The number of nitrogens with zero attached hydrogens (tertiary/aromatic N) is 4. The Morgan fingerprint density at radius 3 is 2.59 bits per heavy atom. The van der Waals surface area contributed by atoms with Crippen LogP contribution >= 0.6 is 0 Å². The number of amides is 3. The number of aryl methyl sites for hydroxylation is 1. The van der Waals surface area contributed by atoms with Gasteiger partial charge in [-0.3, -0.25) is 14.9 Å². The summed E-state index contributed by atoms with van der Waals surface area (Å²) < 4.78 is 13.0. The fourth-order valence-electron chi connectivity index (χ4n) is 5.00. The predicted octanol–water partition coefficient (Wildman–Crippen LogP) is 4.11. The van der Waals surface area contributed by atoms with E-state index in [-0.39, 0.29) is 30.3 Å². The molecule has 3 amide bonds. The van der Waals surface area contributed by atoms with E-state index in [1.54, 1.807) is 31.1 Å². The van der Waals surface area contributed by atoms with E-state index in [1.807, 2.05) is 71.2 Å². The molecule has 212 valence electrons. The van der Waals surface area contributed by atoms with Gasteiger partial charge in [-0.05, 0) is 47.9 Å². The minimum absolute atomic E-state index is 0.0607. The lowest BCUT2D eigenvalue weighted by atomic mass is 10.0. The molecule has 1 fully saturated rings. The number of fused-ring (bicyclic) bond motifs is 1. The third-order valence-electron chi connectivity index (χ3n) is 7.12. The van der Waals surface area contributed by atoms with Crippen molar-refractivity contribution in [3.8, 4) is 0 Å². The minimum atomic E-state index is -0.626. The molecule has 10 nitrogen and oxygen atoms in total. The van der Waals surface area contributed by atoms with E-state index >= 15 is 0 Å². The summed E-state index contributed by atoms with van der Waals surface area (Å²) in [6.07, 6.45) is 3.45. The molecule has 1 aliphatic rings. The molecule has 0 spiro atoms. The van der Waals surface area contributed by atoms with E-state index in [4.69, 9.17) is 9.47 Å². The van der Waals surface area contributed by atoms with Crippen LogP contribution in [0.5, 0.6) is 0 Å². The molecular formula is C31H33N5O5. The van der Waals surface area contributed by atoms with Crippen LogP contribution in [-0.2, 0) is 29.5 Å². The first-order chi connectivity index (χ1) is 19.8. The van der Waals surface area contributed by atoms with Crippen molar-refractivity contribution in [2.45, 2.75) is 19.1 Å². The van der Waals surface area contributed by atoms with Crippen molar-refractivity contribution in [2.75, 3.05) is 39.2 Å². The third kappa shape index (κ3) is 6.38. The SMILES string of the molecule is CN(C)C(=O)c1ccc2c(c1)c(C[C@H]1COCCN1C(=O)c1ccc(NC(=O)OCc3ccccc3)nc1)cn2C. The molecule has 3 heterocycles. The van der Waals surface area contributed by atoms with Gasteiger partial charge in [0, 0.05) is 56.5 Å². The maximum Gasteiger partial charge on any atom is 0.413 e. The maximum absolute atomic E-state index is 13.5. The van der Waals surface area contributed by atoms with E-state index in [0.717, 1.165) is 22.0 Å². The van der Waals surface area contributed by atoms with Crippen LogP contribution < -0.4 is 5.32 Å². The Hall–Kier alpha value is -4.70. The summed E-state index contributed by atoms with van der Waals surface area (Å²) in [7, 11) is 5.44. The zero-order chi connectivity index (χ0) is 28.9. The molecule has 5 rings (SSSR count). The second-order valence-corrected chi connectivity index (χ2v) is 10.2. The first-order valence-electron chi connectivity index (χ1n) is 13.4. The Morgan fingerprint density at radius 2 is 1.85 bits per heavy atom. The number of ether oxygens (including phenoxy) is 2. The van der Waals surface area contributed by atoms with Gasteiger partial charge < -0.3 is 23.8 Å². The fourth-order valence-corrected chi connectivity index (χ4v) is 5.00. The number of hydrogen-bond donors (Lipinski definition) is 1. The lowest BCUT2D eigenvalue weighted by molar-refractivity contribution is -0.00158. The van der Waals surface area contributed by atoms with Crippen LogP contribution in [0.3, 0.4) is 0 Å². The second-order valence-electron chi connectivity index (χ2n) is 10.2. The quantitative estimate of drug-likeness (QED) is 0.368. The second kappa shape index (κ2) is 12.2. The molecule has 41 heavy (non-hydrogen) atoms. The summed E-state index contributed by atoms with van der Waals surface area (Å²) in [6, 6.07) is 18.1. The molecule has 2 aromatic carbocycles. The zero-order valence-electron chi connectivity index (χ0n) is 23.4. The van der Waals surface area contributed by atoms with Gasteiger partial charge in [0.15, 0.2) is 0 Å². The molecule has 0 saturated carbocycles. The summed E-state index contributed by atoms with van der Waals surface area (Å²) >= 11 is 0. The molecule has 4 aromatic rings. The van der Waals surface area contributed by atoms with Gasteiger partial charge in [-0.2, -0.15) is 0 Å². The number of nitrogens with one attached hydrogen (secondary N) is 1. The van der Waals surface area contributed by atoms with Crippen molar-refractivity contribution in [1.82, 2.24) is 19.4 Å². The first-order valence-corrected chi connectivity index (χ1v) is 13.4. The zero-order valence-corrected chi connectivity index (χ0v) is 23.4. The Kier molecular flexibility index (Phi) is 8.30. The number of hydrogen-bond acceptors (Lipinski definition) is 6. The van der Waals surface area contributed by atoms with Crippen LogP contribution in [0.15, 0.2) is 73.1 Å². The molecule has 0 unspecified atom stereocenters. The molecule has 1 atom stereocenters. The van der Waals surface area contributed by atoms with Crippen LogP contribution in [0.2, 0.25) is 0 Å². The Morgan fingerprint density at radius 1 is 1.07 bits per heavy atom. The van der Waals surface area contributed by atoms with E-state index in [1.165, 1.54) is 6.20 Å². The number of carbonyl (C=O) groups is 3. The van der Waals surface area contributed by atoms with Crippen LogP contribution in [0.25, 0.3) is 10.9 Å². The van der Waals surface area contributed by atoms with Gasteiger partial charge in [-0.15, -0.1) is 0 Å². The molecule has 1 saturated heterocycles. The number of anilines is 1. The van der Waals surface area contributed by atoms with Gasteiger partial charge in [0.05, 0.1) is 24.8 Å². The van der Waals surface area contributed by atoms with Crippen LogP contribution in [0.1, 0.15) is 31.8 Å². The topological polar surface area (TPSA) is 106 Å². The standard InChI is InChI=1S/C31H33N5O5/c1-34(2)29(37)22-9-11-27-26(16-22)24(18-35(27)3)15-25-20-40-14-13-36(25)30(38)23-10-12-28(32-17-23)33-31(39)41-19-21-7-5-4-6-8-21/h4-12,16-18,25H,13-15,19-20H2,1-3H3,(H,32,33,39)/t25-/m0/s1. The highest BCUT2D eigenvalue weighted by Crippen LogP contribution is 2.26. The Bertz CT molecular complexity index is 1550. The monoisotopic (exact) mass is 555 g/mol. The van der Waals surface area contributed by atoms with E-state index in [2.05, 4.69) is 10.3 Å². The highest BCUT2D eigenvalue weighted by Gasteiger charge is 2.29. The molecule has 1 N–H and O–H groups in total. The number of aromatic nitrogens is 2. The molecule has 10 heteroatoms. The highest BCUT2D eigenvalue weighted by molar-refractivity contribution is 5.99. The smallest absolute Gasteiger partial charge is 0.413 e. The number of benzene rings is 2. The average Bonchev–Trinajstić information content (AvgIpc) is 3.30. The Balaban J connectivity index is 1.27. The molecule has 0 radical (unpaired) electrons. The predicted molar refractivity (Wildman–Crippen MR) is 155 cm³/mol. The lowest BCUT2D eigenvalue weighted by Crippen LogP contribution is -2.49. The first kappa shape index (κ1) is 27.9. The van der Waals surface area contributed by atoms with Gasteiger partial charge in [0.2, 0.25) is 0 Å². The summed E-state index contributed by atoms with van der Waals surface area (Å²) in [4.78, 5) is 45.9. The van der Waals surface area contributed by atoms with E-state index in [0.29, 0.717) is 37.3 Å². The van der Waals surface area contributed by atoms with Crippen molar-refractivity contribution in [1.29, 1.82) is 0 Å². The van der Waals surface area contributed by atoms with Crippen molar-refractivity contribution in [3.05, 3.63) is 95.3 Å². The van der Waals surface area contributed by atoms with Crippen molar-refractivity contribution >= 4 is 34.6 Å². The third-order valence-corrected chi connectivity index (χ3v) is 7.12. The van der Waals surface area contributed by atoms with Gasteiger partial charge in [-0.1, -0.05) is 30.3 Å². The van der Waals surface area contributed by atoms with Crippen molar-refractivity contribution in [2.24, 2.45) is 7.05 Å². The average molecular weight is 556 g/mol. The lowest BCUT2D eigenvalue weighted by Gasteiger charge is -2.35. The van der Waals surface area contributed by atoms with Gasteiger partial charge in [-0.25, -0.2) is 9.78 Å².